The molecule has 7 heteroatoms. The van der Waals surface area contributed by atoms with Gasteiger partial charge in [0.15, 0.2) is 0 Å². The molecule has 1 aliphatic rings. The Balaban J connectivity index is 1.70. The molecule has 3 aromatic rings. The Hall–Kier alpha value is -4.13. The van der Waals surface area contributed by atoms with Gasteiger partial charge in [-0.3, -0.25) is 14.5 Å². The number of halogens is 1. The fourth-order valence-corrected chi connectivity index (χ4v) is 3.73. The number of methoxy groups -OCH3 is 2. The third-order valence-electron chi connectivity index (χ3n) is 5.42. The summed E-state index contributed by atoms with van der Waals surface area (Å²) in [6.45, 7) is 0.158. The molecule has 0 fully saturated rings. The third kappa shape index (κ3) is 4.57. The Morgan fingerprint density at radius 1 is 0.879 bits per heavy atom. The maximum atomic E-state index is 13.5. The van der Waals surface area contributed by atoms with Crippen molar-refractivity contribution in [1.82, 2.24) is 4.90 Å². The number of carbonyl (C=O) groups excluding carboxylic acids is 2. The van der Waals surface area contributed by atoms with E-state index in [0.717, 1.165) is 5.56 Å². The SMILES string of the molecule is COc1cccc(NC2=C(c3ccccc3OC)C(=O)N(CCc3ccc(F)cc3)C2=O)c1. The summed E-state index contributed by atoms with van der Waals surface area (Å²) in [5.74, 6) is -0.0943. The van der Waals surface area contributed by atoms with Crippen LogP contribution in [-0.4, -0.2) is 37.5 Å². The van der Waals surface area contributed by atoms with Crippen molar-refractivity contribution in [2.24, 2.45) is 0 Å². The number of hydrogen-bond donors (Lipinski definition) is 1. The minimum Gasteiger partial charge on any atom is -0.497 e. The average Bonchev–Trinajstić information content (AvgIpc) is 3.07. The lowest BCUT2D eigenvalue weighted by Crippen LogP contribution is -2.34. The largest absolute Gasteiger partial charge is 0.497 e. The van der Waals surface area contributed by atoms with Crippen molar-refractivity contribution in [3.63, 3.8) is 0 Å². The molecule has 0 radical (unpaired) electrons. The summed E-state index contributed by atoms with van der Waals surface area (Å²) in [5, 5.41) is 3.11. The molecule has 2 amide bonds. The molecule has 0 bridgehead atoms. The summed E-state index contributed by atoms with van der Waals surface area (Å²) >= 11 is 0. The molecule has 0 saturated heterocycles. The smallest absolute Gasteiger partial charge is 0.278 e. The van der Waals surface area contributed by atoms with E-state index < -0.39 is 11.8 Å². The molecule has 1 aliphatic heterocycles. The van der Waals surface area contributed by atoms with Crippen molar-refractivity contribution in [2.75, 3.05) is 26.1 Å². The Morgan fingerprint density at radius 2 is 1.64 bits per heavy atom. The Labute approximate surface area is 191 Å². The van der Waals surface area contributed by atoms with E-state index in [2.05, 4.69) is 5.32 Å². The van der Waals surface area contributed by atoms with Crippen molar-refractivity contribution in [3.8, 4) is 11.5 Å². The number of imide groups is 1. The van der Waals surface area contributed by atoms with Gasteiger partial charge in [-0.15, -0.1) is 0 Å². The van der Waals surface area contributed by atoms with Crippen LogP contribution in [0.4, 0.5) is 10.1 Å². The molecular formula is C26H23FN2O4. The van der Waals surface area contributed by atoms with Crippen molar-refractivity contribution in [3.05, 3.63) is 95.4 Å². The van der Waals surface area contributed by atoms with Gasteiger partial charge in [0.1, 0.15) is 23.0 Å². The van der Waals surface area contributed by atoms with Crippen molar-refractivity contribution >= 4 is 23.1 Å². The molecule has 0 unspecified atom stereocenters. The van der Waals surface area contributed by atoms with Crippen LogP contribution >= 0.6 is 0 Å². The second-order valence-corrected chi connectivity index (χ2v) is 7.45. The van der Waals surface area contributed by atoms with Gasteiger partial charge in [-0.05, 0) is 42.3 Å². The molecule has 1 N–H and O–H groups in total. The minimum atomic E-state index is -0.439. The zero-order chi connectivity index (χ0) is 23.4. The lowest BCUT2D eigenvalue weighted by molar-refractivity contribution is -0.136. The highest BCUT2D eigenvalue weighted by Gasteiger charge is 2.40. The third-order valence-corrected chi connectivity index (χ3v) is 5.42. The molecule has 33 heavy (non-hydrogen) atoms. The topological polar surface area (TPSA) is 67.9 Å². The maximum absolute atomic E-state index is 13.5. The number of nitrogens with one attached hydrogen (secondary N) is 1. The number of anilines is 1. The van der Waals surface area contributed by atoms with Crippen LogP contribution < -0.4 is 14.8 Å². The van der Waals surface area contributed by atoms with Gasteiger partial charge >= 0.3 is 0 Å². The van der Waals surface area contributed by atoms with Crippen LogP contribution in [0, 0.1) is 5.82 Å². The van der Waals surface area contributed by atoms with Crippen molar-refractivity contribution < 1.29 is 23.5 Å². The number of rotatable bonds is 8. The highest BCUT2D eigenvalue weighted by atomic mass is 19.1. The molecule has 0 atom stereocenters. The number of para-hydroxylation sites is 1. The number of benzene rings is 3. The molecule has 0 aromatic heterocycles. The van der Waals surface area contributed by atoms with Crippen LogP contribution in [0.25, 0.3) is 5.57 Å². The molecule has 1 heterocycles. The van der Waals surface area contributed by atoms with Crippen LogP contribution in [0.5, 0.6) is 11.5 Å². The summed E-state index contributed by atoms with van der Waals surface area (Å²) in [6.07, 6.45) is 0.406. The van der Waals surface area contributed by atoms with Crippen LogP contribution in [0.3, 0.4) is 0 Å². The van der Waals surface area contributed by atoms with Gasteiger partial charge in [-0.25, -0.2) is 4.39 Å². The standard InChI is InChI=1S/C26H23FN2O4/c1-32-20-7-5-6-19(16-20)28-24-23(21-8-3-4-9-22(21)33-2)25(30)29(26(24)31)15-14-17-10-12-18(27)13-11-17/h3-13,16,28H,14-15H2,1-2H3. The van der Waals surface area contributed by atoms with Gasteiger partial charge < -0.3 is 14.8 Å². The summed E-state index contributed by atoms with van der Waals surface area (Å²) in [6, 6.07) is 20.2. The zero-order valence-corrected chi connectivity index (χ0v) is 18.3. The Morgan fingerprint density at radius 3 is 2.36 bits per heavy atom. The van der Waals surface area contributed by atoms with Crippen LogP contribution in [0.1, 0.15) is 11.1 Å². The number of amides is 2. The lowest BCUT2D eigenvalue weighted by Gasteiger charge is -2.15. The zero-order valence-electron chi connectivity index (χ0n) is 18.3. The van der Waals surface area contributed by atoms with E-state index >= 15 is 0 Å². The Bertz CT molecular complexity index is 1220. The van der Waals surface area contributed by atoms with Gasteiger partial charge in [0, 0.05) is 23.9 Å². The summed E-state index contributed by atoms with van der Waals surface area (Å²) in [4.78, 5) is 28.0. The van der Waals surface area contributed by atoms with Crippen LogP contribution in [0.15, 0.2) is 78.5 Å². The fraction of sp³-hybridized carbons (Fsp3) is 0.154. The van der Waals surface area contributed by atoms with Crippen molar-refractivity contribution in [2.45, 2.75) is 6.42 Å². The van der Waals surface area contributed by atoms with Gasteiger partial charge in [0.2, 0.25) is 0 Å². The van der Waals surface area contributed by atoms with Gasteiger partial charge in [-0.1, -0.05) is 36.4 Å². The molecule has 0 saturated carbocycles. The van der Waals surface area contributed by atoms with Crippen LogP contribution in [0.2, 0.25) is 0 Å². The monoisotopic (exact) mass is 446 g/mol. The van der Waals surface area contributed by atoms with Gasteiger partial charge in [0.25, 0.3) is 11.8 Å². The first-order valence-corrected chi connectivity index (χ1v) is 10.4. The van der Waals surface area contributed by atoms with E-state index in [1.165, 1.54) is 24.1 Å². The quantitative estimate of drug-likeness (QED) is 0.523. The molecule has 0 aliphatic carbocycles. The van der Waals surface area contributed by atoms with E-state index in [9.17, 15) is 14.0 Å². The number of ether oxygens (including phenoxy) is 2. The molecule has 3 aromatic carbocycles. The van der Waals surface area contributed by atoms with Crippen molar-refractivity contribution in [1.29, 1.82) is 0 Å². The van der Waals surface area contributed by atoms with Gasteiger partial charge in [-0.2, -0.15) is 0 Å². The second kappa shape index (κ2) is 9.56. The van der Waals surface area contributed by atoms with E-state index in [0.29, 0.717) is 29.2 Å². The number of carbonyl (C=O) groups is 2. The van der Waals surface area contributed by atoms with E-state index in [4.69, 9.17) is 9.47 Å². The molecular weight excluding hydrogens is 423 g/mol. The minimum absolute atomic E-state index is 0.158. The predicted molar refractivity (Wildman–Crippen MR) is 123 cm³/mol. The first-order chi connectivity index (χ1) is 16.0. The summed E-state index contributed by atoms with van der Waals surface area (Å²) in [7, 11) is 3.07. The molecule has 0 spiro atoms. The Kier molecular flexibility index (Phi) is 6.40. The highest BCUT2D eigenvalue weighted by molar-refractivity contribution is 6.37. The molecule has 168 valence electrons. The van der Waals surface area contributed by atoms with E-state index in [1.54, 1.807) is 67.8 Å². The molecule has 6 nitrogen and oxygen atoms in total. The summed E-state index contributed by atoms with van der Waals surface area (Å²) < 4.78 is 23.9. The van der Waals surface area contributed by atoms with Crippen LogP contribution in [-0.2, 0) is 16.0 Å². The first kappa shape index (κ1) is 22.1. The maximum Gasteiger partial charge on any atom is 0.278 e. The second-order valence-electron chi connectivity index (χ2n) is 7.45. The van der Waals surface area contributed by atoms with E-state index in [1.807, 2.05) is 0 Å². The highest BCUT2D eigenvalue weighted by Crippen LogP contribution is 2.35. The molecule has 4 rings (SSSR count). The number of hydrogen-bond acceptors (Lipinski definition) is 5. The van der Waals surface area contributed by atoms with E-state index in [-0.39, 0.29) is 23.6 Å². The average molecular weight is 446 g/mol. The number of nitrogens with zero attached hydrogens (tertiary/aromatic N) is 1. The summed E-state index contributed by atoms with van der Waals surface area (Å²) in [5.41, 5.74) is 2.35. The normalized spacial score (nSPS) is 13.5. The predicted octanol–water partition coefficient (Wildman–Crippen LogP) is 4.28. The first-order valence-electron chi connectivity index (χ1n) is 10.4. The fourth-order valence-electron chi connectivity index (χ4n) is 3.73. The van der Waals surface area contributed by atoms with Gasteiger partial charge in [0.05, 0.1) is 19.8 Å². The lowest BCUT2D eigenvalue weighted by atomic mass is 10.0.